The van der Waals surface area contributed by atoms with Gasteiger partial charge in [0.1, 0.15) is 41.5 Å². The van der Waals surface area contributed by atoms with Crippen LogP contribution in [0.3, 0.4) is 0 Å². The van der Waals surface area contributed by atoms with E-state index in [-0.39, 0.29) is 12.4 Å². The molecule has 2 aromatic heterocycles. The van der Waals surface area contributed by atoms with Crippen molar-refractivity contribution >= 4 is 17.0 Å². The van der Waals surface area contributed by atoms with E-state index in [2.05, 4.69) is 25.1 Å². The van der Waals surface area contributed by atoms with E-state index in [1.807, 2.05) is 0 Å². The second-order valence-corrected chi connectivity index (χ2v) is 5.28. The summed E-state index contributed by atoms with van der Waals surface area (Å²) < 4.78 is 7.17. The van der Waals surface area contributed by atoms with Gasteiger partial charge >= 0.3 is 0 Å². The predicted octanol–water partition coefficient (Wildman–Crippen LogP) is -0.340. The second-order valence-electron chi connectivity index (χ2n) is 5.28. The van der Waals surface area contributed by atoms with Crippen molar-refractivity contribution in [2.75, 3.05) is 12.3 Å². The average Bonchev–Trinajstić information content (AvgIpc) is 3.05. The van der Waals surface area contributed by atoms with Gasteiger partial charge in [-0.15, -0.1) is 0 Å². The summed E-state index contributed by atoms with van der Waals surface area (Å²) in [7, 11) is 0. The number of imidazole rings is 1. The molecule has 23 heavy (non-hydrogen) atoms. The maximum absolute atomic E-state index is 10.3. The van der Waals surface area contributed by atoms with Crippen molar-refractivity contribution in [2.45, 2.75) is 31.0 Å². The van der Waals surface area contributed by atoms with E-state index >= 15 is 0 Å². The van der Waals surface area contributed by atoms with Gasteiger partial charge in [0.25, 0.3) is 0 Å². The van der Waals surface area contributed by atoms with E-state index < -0.39 is 24.0 Å². The first kappa shape index (κ1) is 15.2. The molecule has 0 spiro atoms. The molecule has 0 bridgehead atoms. The largest absolute Gasteiger partial charge is 0.430 e. The van der Waals surface area contributed by atoms with Crippen LogP contribution in [-0.2, 0) is 9.57 Å². The highest BCUT2D eigenvalue weighted by Crippen LogP contribution is 2.38. The number of aliphatic hydroxyl groups excluding tert-OH is 2. The minimum Gasteiger partial charge on any atom is -0.430 e. The van der Waals surface area contributed by atoms with Crippen LogP contribution >= 0.6 is 0 Å². The van der Waals surface area contributed by atoms with Crippen LogP contribution in [0.5, 0.6) is 0 Å². The van der Waals surface area contributed by atoms with Gasteiger partial charge in [0.2, 0.25) is 0 Å². The van der Waals surface area contributed by atoms with Gasteiger partial charge in [-0.3, -0.25) is 4.57 Å². The van der Waals surface area contributed by atoms with Crippen LogP contribution in [0.15, 0.2) is 17.9 Å². The number of nitrogens with two attached hydrogens (primary N) is 1. The summed E-state index contributed by atoms with van der Waals surface area (Å²) in [5.74, 6) is 0.191. The first-order valence-electron chi connectivity index (χ1n) is 6.61. The molecule has 0 amide bonds. The van der Waals surface area contributed by atoms with Gasteiger partial charge in [-0.1, -0.05) is 0 Å². The van der Waals surface area contributed by atoms with Gasteiger partial charge in [-0.2, -0.15) is 0 Å². The Morgan fingerprint density at radius 2 is 2.30 bits per heavy atom. The van der Waals surface area contributed by atoms with E-state index in [1.165, 1.54) is 24.1 Å². The number of anilines is 1. The third-order valence-electron chi connectivity index (χ3n) is 3.74. The smallest absolute Gasteiger partial charge is 0.167 e. The average molecular weight is 322 g/mol. The number of fused-ring (bicyclic) bond motifs is 1. The van der Waals surface area contributed by atoms with E-state index in [9.17, 15) is 10.2 Å². The second kappa shape index (κ2) is 5.52. The molecule has 4 N–H and O–H groups in total. The van der Waals surface area contributed by atoms with Crippen LogP contribution in [0.1, 0.15) is 13.2 Å². The minimum absolute atomic E-state index is 0.191. The van der Waals surface area contributed by atoms with Gasteiger partial charge < -0.3 is 25.5 Å². The first-order chi connectivity index (χ1) is 11.0. The third kappa shape index (κ3) is 2.39. The summed E-state index contributed by atoms with van der Waals surface area (Å²) in [4.78, 5) is 19.1. The van der Waals surface area contributed by atoms with E-state index in [0.29, 0.717) is 11.2 Å². The minimum atomic E-state index is -1.28. The van der Waals surface area contributed by atoms with Crippen LogP contribution in [0.4, 0.5) is 5.82 Å². The lowest BCUT2D eigenvalue weighted by molar-refractivity contribution is -0.129. The number of rotatable bonds is 4. The first-order valence-corrected chi connectivity index (χ1v) is 6.61. The van der Waals surface area contributed by atoms with Crippen LogP contribution in [0.2, 0.25) is 0 Å². The molecule has 1 unspecified atom stereocenters. The normalized spacial score (nSPS) is 30.3. The SMILES string of the molecule is C[C@]1(CON=[N+]=[N-])O[C@@H](n2cnc3c(N)ncnc32)C(O)[C@@H]1O. The molecule has 122 valence electrons. The Bertz CT molecular complexity index is 774. The molecule has 12 heteroatoms. The zero-order valence-corrected chi connectivity index (χ0v) is 12.0. The molecule has 0 aliphatic carbocycles. The van der Waals surface area contributed by atoms with Gasteiger partial charge in [-0.25, -0.2) is 15.0 Å². The Balaban J connectivity index is 1.93. The quantitative estimate of drug-likeness (QED) is 0.296. The Kier molecular flexibility index (Phi) is 3.66. The van der Waals surface area contributed by atoms with Crippen molar-refractivity contribution in [3.05, 3.63) is 23.1 Å². The number of ether oxygens (including phenoxy) is 1. The highest BCUT2D eigenvalue weighted by Gasteiger charge is 2.53. The summed E-state index contributed by atoms with van der Waals surface area (Å²) in [5, 5.41) is 23.5. The number of hydrogen-bond acceptors (Lipinski definition) is 9. The molecule has 1 saturated heterocycles. The summed E-state index contributed by atoms with van der Waals surface area (Å²) in [5.41, 5.74) is 13.4. The molecule has 0 saturated carbocycles. The Labute approximate surface area is 129 Å². The Morgan fingerprint density at radius 3 is 3.04 bits per heavy atom. The molecular weight excluding hydrogens is 308 g/mol. The number of aliphatic hydroxyl groups is 2. The van der Waals surface area contributed by atoms with Gasteiger partial charge in [-0.05, 0) is 12.5 Å². The number of azide groups is 1. The van der Waals surface area contributed by atoms with Crippen molar-refractivity contribution < 1.29 is 19.8 Å². The maximum Gasteiger partial charge on any atom is 0.167 e. The molecule has 3 heterocycles. The monoisotopic (exact) mass is 322 g/mol. The van der Waals surface area contributed by atoms with E-state index in [4.69, 9.17) is 20.8 Å². The van der Waals surface area contributed by atoms with E-state index in [0.717, 1.165) is 0 Å². The summed E-state index contributed by atoms with van der Waals surface area (Å²) in [6.07, 6.45) is -0.876. The van der Waals surface area contributed by atoms with Crippen molar-refractivity contribution in [2.24, 2.45) is 5.28 Å². The standard InChI is InChI=1S/C11H14N8O4/c1-11(2-22-18-17-13)7(21)6(20)10(23-11)19-4-16-5-8(12)14-3-15-9(5)19/h3-4,6-7,10,20-21H,2H2,1H3,(H2,12,14,15)/t6?,7-,10+,11+/m0/s1. The van der Waals surface area contributed by atoms with Gasteiger partial charge in [0, 0.05) is 4.91 Å². The van der Waals surface area contributed by atoms with Crippen LogP contribution < -0.4 is 5.73 Å². The summed E-state index contributed by atoms with van der Waals surface area (Å²) in [6.45, 7) is 1.28. The van der Waals surface area contributed by atoms with Crippen molar-refractivity contribution in [3.8, 4) is 0 Å². The van der Waals surface area contributed by atoms with Crippen LogP contribution in [0.25, 0.3) is 21.6 Å². The fourth-order valence-electron chi connectivity index (χ4n) is 2.51. The van der Waals surface area contributed by atoms with Gasteiger partial charge in [0.05, 0.1) is 6.33 Å². The van der Waals surface area contributed by atoms with Crippen LogP contribution in [-0.4, -0.2) is 54.1 Å². The predicted molar refractivity (Wildman–Crippen MR) is 75.4 cm³/mol. The molecule has 1 fully saturated rings. The Morgan fingerprint density at radius 1 is 1.52 bits per heavy atom. The number of aromatic nitrogens is 4. The third-order valence-corrected chi connectivity index (χ3v) is 3.74. The number of hydrogen-bond donors (Lipinski definition) is 3. The molecule has 0 aromatic carbocycles. The maximum atomic E-state index is 10.3. The zero-order chi connectivity index (χ0) is 16.6. The molecular formula is C11H14N8O4. The molecule has 2 aromatic rings. The number of nitrogens with zero attached hydrogens (tertiary/aromatic N) is 7. The summed E-state index contributed by atoms with van der Waals surface area (Å²) >= 11 is 0. The molecule has 4 atom stereocenters. The topological polar surface area (TPSA) is 177 Å². The highest BCUT2D eigenvalue weighted by atomic mass is 16.7. The van der Waals surface area contributed by atoms with Crippen molar-refractivity contribution in [1.82, 2.24) is 19.5 Å². The lowest BCUT2D eigenvalue weighted by atomic mass is 9.99. The van der Waals surface area contributed by atoms with Gasteiger partial charge in [0.15, 0.2) is 17.7 Å². The molecule has 0 radical (unpaired) electrons. The highest BCUT2D eigenvalue weighted by molar-refractivity contribution is 5.81. The lowest BCUT2D eigenvalue weighted by Gasteiger charge is -2.25. The lowest BCUT2D eigenvalue weighted by Crippen LogP contribution is -2.43. The zero-order valence-electron chi connectivity index (χ0n) is 12.0. The summed E-state index contributed by atoms with van der Waals surface area (Å²) in [6, 6.07) is 0. The fraction of sp³-hybridized carbons (Fsp3) is 0.545. The van der Waals surface area contributed by atoms with E-state index in [1.54, 1.807) is 0 Å². The molecule has 12 nitrogen and oxygen atoms in total. The van der Waals surface area contributed by atoms with Crippen LogP contribution in [0, 0.1) is 0 Å². The van der Waals surface area contributed by atoms with Crippen molar-refractivity contribution in [1.29, 1.82) is 0 Å². The Hall–Kier alpha value is -2.66. The molecule has 1 aliphatic rings. The molecule has 3 rings (SSSR count). The fourth-order valence-corrected chi connectivity index (χ4v) is 2.51. The van der Waals surface area contributed by atoms with Crippen molar-refractivity contribution in [3.63, 3.8) is 0 Å². The number of nitrogen functional groups attached to an aromatic ring is 1. The molecule has 1 aliphatic heterocycles.